The first-order valence-corrected chi connectivity index (χ1v) is 18.5. The number of aromatic nitrogens is 8. The lowest BCUT2D eigenvalue weighted by atomic mass is 9.90. The molecule has 0 aromatic carbocycles. The third-order valence-electron chi connectivity index (χ3n) is 8.57. The number of ketones is 2. The molecule has 0 amide bonds. The summed E-state index contributed by atoms with van der Waals surface area (Å²) in [7, 11) is 7.74. The van der Waals surface area contributed by atoms with E-state index in [2.05, 4.69) is 61.5 Å². The Labute approximate surface area is 314 Å². The number of rotatable bonds is 9. The molecular weight excluding hydrogens is 676 g/mol. The minimum atomic E-state index is 0.00462. The van der Waals surface area contributed by atoms with Crippen molar-refractivity contribution >= 4 is 34.8 Å². The van der Waals surface area contributed by atoms with Crippen LogP contribution < -0.4 is 9.80 Å². The maximum atomic E-state index is 12.4. The molecule has 0 saturated carbocycles. The molecule has 0 N–H and O–H groups in total. The smallest absolute Gasteiger partial charge is 0.224 e. The van der Waals surface area contributed by atoms with Gasteiger partial charge in [0.05, 0.1) is 37.1 Å². The van der Waals surface area contributed by atoms with Gasteiger partial charge in [-0.25, -0.2) is 29.9 Å². The molecule has 0 unspecified atom stereocenters. The summed E-state index contributed by atoms with van der Waals surface area (Å²) in [5.74, 6) is 2.80. The fourth-order valence-corrected chi connectivity index (χ4v) is 6.77. The van der Waals surface area contributed by atoms with E-state index in [-0.39, 0.29) is 27.7 Å². The third-order valence-corrected chi connectivity index (χ3v) is 8.74. The zero-order valence-electron chi connectivity index (χ0n) is 33.0. The summed E-state index contributed by atoms with van der Waals surface area (Å²) in [6.45, 7) is 15.2. The second-order valence-corrected chi connectivity index (χ2v) is 17.0. The molecule has 4 aromatic heterocycles. The van der Waals surface area contributed by atoms with Gasteiger partial charge in [0, 0.05) is 70.2 Å². The highest BCUT2D eigenvalue weighted by Gasteiger charge is 2.26. The van der Waals surface area contributed by atoms with Gasteiger partial charge in [-0.3, -0.25) is 9.59 Å². The molecule has 0 fully saturated rings. The van der Waals surface area contributed by atoms with Crippen LogP contribution in [0.4, 0.5) is 11.6 Å². The number of imidazole rings is 2. The van der Waals surface area contributed by atoms with Gasteiger partial charge < -0.3 is 18.9 Å². The molecule has 0 bridgehead atoms. The van der Waals surface area contributed by atoms with Crippen molar-refractivity contribution in [1.29, 1.82) is 0 Å². The van der Waals surface area contributed by atoms with Crippen LogP contribution in [0.2, 0.25) is 5.28 Å². The summed E-state index contributed by atoms with van der Waals surface area (Å²) in [4.78, 5) is 54.8. The molecule has 4 aromatic rings. The molecule has 2 aliphatic carbocycles. The van der Waals surface area contributed by atoms with Gasteiger partial charge >= 0.3 is 0 Å². The zero-order valence-corrected chi connectivity index (χ0v) is 33.8. The molecule has 12 nitrogen and oxygen atoms in total. The topological polar surface area (TPSA) is 128 Å². The van der Waals surface area contributed by atoms with E-state index in [9.17, 15) is 9.59 Å². The Balaban J connectivity index is 0.000000199. The van der Waals surface area contributed by atoms with E-state index in [1.807, 2.05) is 66.4 Å². The molecule has 0 aliphatic heterocycles. The van der Waals surface area contributed by atoms with Gasteiger partial charge in [0.2, 0.25) is 5.28 Å². The number of nitrogens with zero attached hydrogens (tertiary/aromatic N) is 10. The standard InChI is InChI=1S/C19H27N5O.C15H22ClN3O.C5H8N2/c1-19(2,3)9-13(25)10-24(5)18-14-7-6-8-15(14)21-17(22-18)16-11-23(4)12-20-16;1-15(2,3)8-10(20)9-19(4)13-11-6-5-7-12(11)17-14(16)18-13;1-5-3-7(2)4-6-5/h11-12H,6-10H2,1-5H3;5-9H2,1-4H3;3-4H,1-2H3. The molecule has 6 rings (SSSR count). The van der Waals surface area contributed by atoms with Gasteiger partial charge in [-0.2, -0.15) is 0 Å². The van der Waals surface area contributed by atoms with Crippen LogP contribution in [0.1, 0.15) is 95.4 Å². The van der Waals surface area contributed by atoms with Gasteiger partial charge in [-0.05, 0) is 67.9 Å². The average molecular weight is 733 g/mol. The number of carbonyl (C=O) groups excluding carboxylic acids is 2. The minimum absolute atomic E-state index is 0.00462. The van der Waals surface area contributed by atoms with E-state index in [0.29, 0.717) is 31.8 Å². The number of aryl methyl sites for hydroxylation is 5. The van der Waals surface area contributed by atoms with E-state index in [1.165, 1.54) is 5.56 Å². The fourth-order valence-electron chi connectivity index (χ4n) is 6.59. The molecule has 52 heavy (non-hydrogen) atoms. The Morgan fingerprint density at radius 2 is 1.19 bits per heavy atom. The van der Waals surface area contributed by atoms with E-state index in [1.54, 1.807) is 12.7 Å². The average Bonchev–Trinajstić information content (AvgIpc) is 3.83. The highest BCUT2D eigenvalue weighted by molar-refractivity contribution is 6.28. The van der Waals surface area contributed by atoms with Crippen molar-refractivity contribution in [3.8, 4) is 11.5 Å². The number of likely N-dealkylation sites (N-methyl/N-ethyl adjacent to an activating group) is 2. The molecule has 4 heterocycles. The van der Waals surface area contributed by atoms with E-state index in [4.69, 9.17) is 21.6 Å². The molecule has 0 atom stereocenters. The summed E-state index contributed by atoms with van der Waals surface area (Å²) in [6.07, 6.45) is 14.6. The lowest BCUT2D eigenvalue weighted by molar-refractivity contribution is -0.120. The second kappa shape index (κ2) is 17.1. The third kappa shape index (κ3) is 11.9. The van der Waals surface area contributed by atoms with Crippen LogP contribution in [0.15, 0.2) is 25.0 Å². The first kappa shape index (κ1) is 40.6. The monoisotopic (exact) mass is 732 g/mol. The normalized spacial score (nSPS) is 13.4. The molecule has 2 aliphatic rings. The van der Waals surface area contributed by atoms with E-state index >= 15 is 0 Å². The summed E-state index contributed by atoms with van der Waals surface area (Å²) in [5.41, 5.74) is 6.34. The van der Waals surface area contributed by atoms with Crippen LogP contribution in [0.5, 0.6) is 0 Å². The van der Waals surface area contributed by atoms with Crippen molar-refractivity contribution in [3.05, 3.63) is 58.5 Å². The quantitative estimate of drug-likeness (QED) is 0.174. The first-order chi connectivity index (χ1) is 24.3. The Bertz CT molecular complexity index is 1830. The van der Waals surface area contributed by atoms with Gasteiger partial charge in [0.25, 0.3) is 0 Å². The molecule has 282 valence electrons. The van der Waals surface area contributed by atoms with Gasteiger partial charge in [0.15, 0.2) is 17.4 Å². The Kier molecular flexibility index (Phi) is 13.3. The Morgan fingerprint density at radius 3 is 1.62 bits per heavy atom. The van der Waals surface area contributed by atoms with Crippen molar-refractivity contribution in [3.63, 3.8) is 0 Å². The van der Waals surface area contributed by atoms with Crippen LogP contribution in [0, 0.1) is 17.8 Å². The predicted octanol–water partition coefficient (Wildman–Crippen LogP) is 6.60. The van der Waals surface area contributed by atoms with Gasteiger partial charge in [0.1, 0.15) is 17.3 Å². The Hall–Kier alpha value is -4.19. The zero-order chi connectivity index (χ0) is 38.4. The highest BCUT2D eigenvalue weighted by atomic mass is 35.5. The van der Waals surface area contributed by atoms with Crippen LogP contribution in [-0.4, -0.2) is 77.8 Å². The summed E-state index contributed by atoms with van der Waals surface area (Å²) in [5, 5.41) is 0.274. The minimum Gasteiger partial charge on any atom is -0.352 e. The highest BCUT2D eigenvalue weighted by Crippen LogP contribution is 2.32. The fraction of sp³-hybridized carbons (Fsp3) is 0.590. The second-order valence-electron chi connectivity index (χ2n) is 16.6. The first-order valence-electron chi connectivity index (χ1n) is 18.1. The van der Waals surface area contributed by atoms with E-state index < -0.39 is 0 Å². The van der Waals surface area contributed by atoms with Crippen LogP contribution >= 0.6 is 11.6 Å². The van der Waals surface area contributed by atoms with Crippen molar-refractivity contribution in [2.75, 3.05) is 37.0 Å². The Morgan fingerprint density at radius 1 is 0.712 bits per heavy atom. The number of carbonyl (C=O) groups is 2. The number of anilines is 2. The van der Waals surface area contributed by atoms with E-state index in [0.717, 1.165) is 78.5 Å². The van der Waals surface area contributed by atoms with Crippen molar-refractivity contribution in [2.24, 2.45) is 24.9 Å². The maximum absolute atomic E-state index is 12.4. The molecular formula is C39H57ClN10O2. The number of hydrogen-bond donors (Lipinski definition) is 0. The number of halogens is 1. The summed E-state index contributed by atoms with van der Waals surface area (Å²) >= 11 is 5.98. The lowest BCUT2D eigenvalue weighted by Crippen LogP contribution is -2.30. The molecule has 0 radical (unpaired) electrons. The SMILES string of the molecule is CN(CC(=O)CC(C)(C)C)c1nc(-c2cn(C)cn2)nc2c1CCC2.CN(CC(=O)CC(C)(C)C)c1nc(Cl)nc2c1CCC2.Cc1cn(C)cn1. The number of hydrogen-bond acceptors (Lipinski definition) is 10. The number of Topliss-reactive ketones (excluding diaryl/α,β-unsaturated/α-hetero) is 2. The van der Waals surface area contributed by atoms with Crippen molar-refractivity contribution in [1.82, 2.24) is 39.0 Å². The number of fused-ring (bicyclic) bond motifs is 2. The van der Waals surface area contributed by atoms with Crippen molar-refractivity contribution < 1.29 is 9.59 Å². The van der Waals surface area contributed by atoms with Gasteiger partial charge in [-0.15, -0.1) is 0 Å². The summed E-state index contributed by atoms with van der Waals surface area (Å²) < 4.78 is 3.82. The largest absolute Gasteiger partial charge is 0.352 e. The maximum Gasteiger partial charge on any atom is 0.224 e. The van der Waals surface area contributed by atoms with Gasteiger partial charge in [-0.1, -0.05) is 41.5 Å². The van der Waals surface area contributed by atoms with Crippen LogP contribution in [0.25, 0.3) is 11.5 Å². The lowest BCUT2D eigenvalue weighted by Gasteiger charge is -2.23. The molecule has 13 heteroatoms. The van der Waals surface area contributed by atoms with Crippen LogP contribution in [0.3, 0.4) is 0 Å². The van der Waals surface area contributed by atoms with Crippen molar-refractivity contribution in [2.45, 2.75) is 99.8 Å². The molecule has 0 spiro atoms. The predicted molar refractivity (Wildman–Crippen MR) is 208 cm³/mol. The summed E-state index contributed by atoms with van der Waals surface area (Å²) in [6, 6.07) is 0. The van der Waals surface area contributed by atoms with Crippen LogP contribution in [-0.2, 0) is 49.4 Å². The molecule has 0 saturated heterocycles.